The van der Waals surface area contributed by atoms with E-state index in [1.165, 1.54) is 6.07 Å². The number of carbonyl (C=O) groups is 1. The molecule has 4 nitrogen and oxygen atoms in total. The molecule has 7 heteroatoms. The lowest BCUT2D eigenvalue weighted by Gasteiger charge is -2.06. The number of rotatable bonds is 2. The third-order valence-corrected chi connectivity index (χ3v) is 3.43. The predicted octanol–water partition coefficient (Wildman–Crippen LogP) is 3.98. The highest BCUT2D eigenvalue weighted by Gasteiger charge is 2.16. The molecule has 1 aromatic heterocycles. The SMILES string of the molecule is O=C(Nc1ccc(F)cc1F)c1cc2cccc(Cl)c2oc1=O. The Balaban J connectivity index is 2.01. The zero-order valence-corrected chi connectivity index (χ0v) is 12.2. The van der Waals surface area contributed by atoms with E-state index in [2.05, 4.69) is 5.32 Å². The Morgan fingerprint density at radius 2 is 1.91 bits per heavy atom. The first-order chi connectivity index (χ1) is 11.0. The van der Waals surface area contributed by atoms with Crippen LogP contribution in [0.15, 0.2) is 51.7 Å². The summed E-state index contributed by atoms with van der Waals surface area (Å²) in [5, 5.41) is 2.88. The number of anilines is 1. The fraction of sp³-hybridized carbons (Fsp3) is 0. The van der Waals surface area contributed by atoms with Gasteiger partial charge in [-0.3, -0.25) is 4.79 Å². The van der Waals surface area contributed by atoms with Crippen molar-refractivity contribution < 1.29 is 18.0 Å². The molecule has 0 saturated heterocycles. The molecule has 1 amide bonds. The minimum Gasteiger partial charge on any atom is -0.421 e. The highest BCUT2D eigenvalue weighted by Crippen LogP contribution is 2.23. The van der Waals surface area contributed by atoms with Gasteiger partial charge in [-0.25, -0.2) is 13.6 Å². The van der Waals surface area contributed by atoms with Gasteiger partial charge in [-0.2, -0.15) is 0 Å². The maximum atomic E-state index is 13.6. The van der Waals surface area contributed by atoms with Crippen LogP contribution in [0.2, 0.25) is 5.02 Å². The molecule has 0 bridgehead atoms. The van der Waals surface area contributed by atoms with Crippen LogP contribution >= 0.6 is 11.6 Å². The Bertz CT molecular complexity index is 985. The molecule has 0 aliphatic carbocycles. The van der Waals surface area contributed by atoms with E-state index in [9.17, 15) is 18.4 Å². The van der Waals surface area contributed by atoms with Crippen LogP contribution in [0.25, 0.3) is 11.0 Å². The summed E-state index contributed by atoms with van der Waals surface area (Å²) >= 11 is 5.91. The first-order valence-electron chi connectivity index (χ1n) is 6.44. The summed E-state index contributed by atoms with van der Waals surface area (Å²) in [6.07, 6.45) is 0. The van der Waals surface area contributed by atoms with E-state index in [0.29, 0.717) is 11.5 Å². The van der Waals surface area contributed by atoms with Gasteiger partial charge in [-0.05, 0) is 24.3 Å². The molecule has 3 aromatic rings. The molecule has 2 aromatic carbocycles. The van der Waals surface area contributed by atoms with Crippen molar-refractivity contribution in [2.75, 3.05) is 5.32 Å². The highest BCUT2D eigenvalue weighted by atomic mass is 35.5. The van der Waals surface area contributed by atoms with E-state index in [0.717, 1.165) is 12.1 Å². The van der Waals surface area contributed by atoms with Crippen molar-refractivity contribution in [2.24, 2.45) is 0 Å². The molecule has 0 saturated carbocycles. The Morgan fingerprint density at radius 1 is 1.13 bits per heavy atom. The van der Waals surface area contributed by atoms with Crippen molar-refractivity contribution in [1.29, 1.82) is 0 Å². The number of hydrogen-bond acceptors (Lipinski definition) is 3. The molecule has 0 aliphatic heterocycles. The molecule has 0 radical (unpaired) electrons. The summed E-state index contributed by atoms with van der Waals surface area (Å²) in [6.45, 7) is 0. The molecule has 23 heavy (non-hydrogen) atoms. The molecular formula is C16H8ClF2NO3. The number of carbonyl (C=O) groups excluding carboxylic acids is 1. The van der Waals surface area contributed by atoms with Gasteiger partial charge in [-0.1, -0.05) is 23.7 Å². The Morgan fingerprint density at radius 3 is 2.65 bits per heavy atom. The second-order valence-electron chi connectivity index (χ2n) is 4.68. The first-order valence-corrected chi connectivity index (χ1v) is 6.82. The lowest BCUT2D eigenvalue weighted by atomic mass is 10.1. The fourth-order valence-electron chi connectivity index (χ4n) is 2.05. The van der Waals surface area contributed by atoms with Crippen molar-refractivity contribution in [2.45, 2.75) is 0 Å². The Kier molecular flexibility index (Phi) is 3.83. The van der Waals surface area contributed by atoms with Gasteiger partial charge in [0.2, 0.25) is 0 Å². The van der Waals surface area contributed by atoms with Gasteiger partial charge in [0.25, 0.3) is 5.91 Å². The van der Waals surface area contributed by atoms with Crippen LogP contribution in [0.5, 0.6) is 0 Å². The third kappa shape index (κ3) is 2.93. The van der Waals surface area contributed by atoms with Crippen molar-refractivity contribution in [1.82, 2.24) is 0 Å². The van der Waals surface area contributed by atoms with E-state index in [1.807, 2.05) is 0 Å². The summed E-state index contributed by atoms with van der Waals surface area (Å²) in [6, 6.07) is 8.75. The molecule has 0 fully saturated rings. The maximum Gasteiger partial charge on any atom is 0.349 e. The van der Waals surface area contributed by atoms with Crippen molar-refractivity contribution in [3.8, 4) is 0 Å². The standard InChI is InChI=1S/C16H8ClF2NO3/c17-11-3-1-2-8-6-10(16(22)23-14(8)11)15(21)20-13-5-4-9(18)7-12(13)19/h1-7H,(H,20,21). The van der Waals surface area contributed by atoms with E-state index in [4.69, 9.17) is 16.0 Å². The minimum absolute atomic E-state index is 0.156. The predicted molar refractivity (Wildman–Crippen MR) is 81.8 cm³/mol. The third-order valence-electron chi connectivity index (χ3n) is 3.14. The van der Waals surface area contributed by atoms with Gasteiger partial charge in [0.05, 0.1) is 10.7 Å². The molecule has 1 N–H and O–H groups in total. The topological polar surface area (TPSA) is 59.3 Å². The number of para-hydroxylation sites is 1. The molecule has 3 rings (SSSR count). The van der Waals surface area contributed by atoms with Crippen molar-refractivity contribution in [3.05, 3.63) is 75.1 Å². The second kappa shape index (κ2) is 5.81. The first kappa shape index (κ1) is 15.2. The zero-order chi connectivity index (χ0) is 16.6. The quantitative estimate of drug-likeness (QED) is 0.721. The second-order valence-corrected chi connectivity index (χ2v) is 5.09. The van der Waals surface area contributed by atoms with Gasteiger partial charge >= 0.3 is 5.63 Å². The molecule has 0 unspecified atom stereocenters. The summed E-state index contributed by atoms with van der Waals surface area (Å²) < 4.78 is 31.4. The van der Waals surface area contributed by atoms with Crippen molar-refractivity contribution in [3.63, 3.8) is 0 Å². The summed E-state index contributed by atoms with van der Waals surface area (Å²) in [4.78, 5) is 24.1. The van der Waals surface area contributed by atoms with Gasteiger partial charge < -0.3 is 9.73 Å². The molecule has 0 atom stereocenters. The number of nitrogens with one attached hydrogen (secondary N) is 1. The maximum absolute atomic E-state index is 13.6. The number of fused-ring (bicyclic) bond motifs is 1. The van der Waals surface area contributed by atoms with Gasteiger partial charge in [0, 0.05) is 11.5 Å². The lowest BCUT2D eigenvalue weighted by Crippen LogP contribution is -2.21. The van der Waals surface area contributed by atoms with Gasteiger partial charge in [0.1, 0.15) is 17.2 Å². The average Bonchev–Trinajstić information content (AvgIpc) is 2.50. The van der Waals surface area contributed by atoms with Crippen LogP contribution in [0.4, 0.5) is 14.5 Å². The van der Waals surface area contributed by atoms with Gasteiger partial charge in [0.15, 0.2) is 5.58 Å². The van der Waals surface area contributed by atoms with E-state index >= 15 is 0 Å². The van der Waals surface area contributed by atoms with Crippen LogP contribution in [-0.4, -0.2) is 5.91 Å². The highest BCUT2D eigenvalue weighted by molar-refractivity contribution is 6.34. The van der Waals surface area contributed by atoms with E-state index in [1.54, 1.807) is 18.2 Å². The van der Waals surface area contributed by atoms with E-state index in [-0.39, 0.29) is 21.9 Å². The molecular weight excluding hydrogens is 328 g/mol. The van der Waals surface area contributed by atoms with Crippen LogP contribution in [0, 0.1) is 11.6 Å². The number of benzene rings is 2. The van der Waals surface area contributed by atoms with Crippen LogP contribution in [-0.2, 0) is 0 Å². The Labute approximate surface area is 133 Å². The van der Waals surface area contributed by atoms with Crippen molar-refractivity contribution >= 4 is 34.2 Å². The molecule has 1 heterocycles. The van der Waals surface area contributed by atoms with Gasteiger partial charge in [-0.15, -0.1) is 0 Å². The monoisotopic (exact) mass is 335 g/mol. The number of hydrogen-bond donors (Lipinski definition) is 1. The Hall–Kier alpha value is -2.73. The smallest absolute Gasteiger partial charge is 0.349 e. The number of amides is 1. The number of halogens is 3. The van der Waals surface area contributed by atoms with E-state index < -0.39 is 23.2 Å². The van der Waals surface area contributed by atoms with Crippen LogP contribution in [0.3, 0.4) is 0 Å². The summed E-state index contributed by atoms with van der Waals surface area (Å²) in [7, 11) is 0. The minimum atomic E-state index is -0.952. The zero-order valence-electron chi connectivity index (χ0n) is 11.4. The van der Waals surface area contributed by atoms with Crippen LogP contribution in [0.1, 0.15) is 10.4 Å². The normalized spacial score (nSPS) is 10.7. The average molecular weight is 336 g/mol. The summed E-state index contributed by atoms with van der Waals surface area (Å²) in [5.41, 5.74) is -1.32. The molecule has 0 aliphatic rings. The molecule has 116 valence electrons. The van der Waals surface area contributed by atoms with Crippen LogP contribution < -0.4 is 10.9 Å². The largest absolute Gasteiger partial charge is 0.421 e. The lowest BCUT2D eigenvalue weighted by molar-refractivity contribution is 0.102. The summed E-state index contributed by atoms with van der Waals surface area (Å²) in [5.74, 6) is -2.60. The fourth-order valence-corrected chi connectivity index (χ4v) is 2.27. The molecule has 0 spiro atoms.